The fourth-order valence-electron chi connectivity index (χ4n) is 1.23. The van der Waals surface area contributed by atoms with Gasteiger partial charge in [-0.15, -0.1) is 35.7 Å². The van der Waals surface area contributed by atoms with E-state index < -0.39 is 0 Å². The maximum absolute atomic E-state index is 9.81. The van der Waals surface area contributed by atoms with Crippen molar-refractivity contribution < 1.29 is 5.11 Å². The number of aromatic hydroxyl groups is 1. The summed E-state index contributed by atoms with van der Waals surface area (Å²) in [5.41, 5.74) is 0. The van der Waals surface area contributed by atoms with E-state index in [4.69, 9.17) is 0 Å². The van der Waals surface area contributed by atoms with Crippen molar-refractivity contribution in [2.45, 2.75) is 9.10 Å². The second-order valence-electron chi connectivity index (χ2n) is 2.61. The Bertz CT molecular complexity index is 447. The zero-order valence-corrected chi connectivity index (χ0v) is 9.47. The van der Waals surface area contributed by atoms with Gasteiger partial charge in [-0.3, -0.25) is 0 Å². The minimum Gasteiger partial charge on any atom is -0.506 e. The van der Waals surface area contributed by atoms with Crippen LogP contribution < -0.4 is 0 Å². The molecule has 0 radical (unpaired) electrons. The van der Waals surface area contributed by atoms with Gasteiger partial charge in [-0.2, -0.15) is 0 Å². The Morgan fingerprint density at radius 3 is 2.92 bits per heavy atom. The van der Waals surface area contributed by atoms with Gasteiger partial charge in [0, 0.05) is 15.0 Å². The number of thioether (sulfide) groups is 1. The van der Waals surface area contributed by atoms with Crippen LogP contribution in [0.3, 0.4) is 0 Å². The molecule has 4 heteroatoms. The van der Waals surface area contributed by atoms with Crippen molar-refractivity contribution in [3.8, 4) is 5.75 Å². The van der Waals surface area contributed by atoms with E-state index in [1.54, 1.807) is 23.1 Å². The van der Waals surface area contributed by atoms with Crippen molar-refractivity contribution in [1.29, 1.82) is 0 Å². The van der Waals surface area contributed by atoms with Crippen LogP contribution in [0.2, 0.25) is 0 Å². The lowest BCUT2D eigenvalue weighted by molar-refractivity contribution is 0.469. The monoisotopic (exact) mass is 228 g/mol. The Kier molecular flexibility index (Phi) is 2.45. The first kappa shape index (κ1) is 9.24. The largest absolute Gasteiger partial charge is 0.506 e. The van der Waals surface area contributed by atoms with Gasteiger partial charge in [0.25, 0.3) is 0 Å². The molecule has 0 amide bonds. The van der Waals surface area contributed by atoms with E-state index in [2.05, 4.69) is 12.6 Å². The minimum atomic E-state index is 0.376. The highest BCUT2D eigenvalue weighted by Crippen LogP contribution is 2.39. The molecule has 1 aromatic carbocycles. The molecule has 0 fully saturated rings. The SMILES string of the molecule is CSc1ccc2sc(S)cc2c1O. The van der Waals surface area contributed by atoms with Crippen molar-refractivity contribution in [1.82, 2.24) is 0 Å². The van der Waals surface area contributed by atoms with Crippen molar-refractivity contribution in [3.05, 3.63) is 18.2 Å². The maximum atomic E-state index is 9.81. The summed E-state index contributed by atoms with van der Waals surface area (Å²) in [7, 11) is 0. The minimum absolute atomic E-state index is 0.376. The molecular formula is C9H8OS3. The van der Waals surface area contributed by atoms with E-state index in [-0.39, 0.29) is 0 Å². The quantitative estimate of drug-likeness (QED) is 0.574. The molecule has 0 saturated carbocycles. The average molecular weight is 228 g/mol. The molecule has 0 unspecified atom stereocenters. The second-order valence-corrected chi connectivity index (χ2v) is 5.33. The molecule has 0 aliphatic heterocycles. The van der Waals surface area contributed by atoms with E-state index in [0.717, 1.165) is 19.2 Å². The highest BCUT2D eigenvalue weighted by Gasteiger charge is 2.07. The van der Waals surface area contributed by atoms with Gasteiger partial charge in [0.05, 0.1) is 4.21 Å². The summed E-state index contributed by atoms with van der Waals surface area (Å²) in [5, 5.41) is 10.7. The molecule has 0 spiro atoms. The van der Waals surface area contributed by atoms with Crippen LogP contribution in [0.5, 0.6) is 5.75 Å². The molecule has 2 aromatic rings. The third-order valence-corrected chi connectivity index (χ3v) is 3.92. The molecule has 0 aliphatic rings. The van der Waals surface area contributed by atoms with E-state index >= 15 is 0 Å². The van der Waals surface area contributed by atoms with E-state index in [0.29, 0.717) is 5.75 Å². The highest BCUT2D eigenvalue weighted by atomic mass is 32.2. The van der Waals surface area contributed by atoms with Crippen LogP contribution in [-0.2, 0) is 0 Å². The lowest BCUT2D eigenvalue weighted by Gasteiger charge is -2.00. The highest BCUT2D eigenvalue weighted by molar-refractivity contribution is 7.98. The van der Waals surface area contributed by atoms with Gasteiger partial charge >= 0.3 is 0 Å². The number of fused-ring (bicyclic) bond motifs is 1. The molecule has 1 N–H and O–H groups in total. The number of thiol groups is 1. The topological polar surface area (TPSA) is 20.2 Å². The molecule has 0 aliphatic carbocycles. The van der Waals surface area contributed by atoms with Crippen molar-refractivity contribution in [2.75, 3.05) is 6.26 Å². The number of benzene rings is 1. The fraction of sp³-hybridized carbons (Fsp3) is 0.111. The normalized spacial score (nSPS) is 10.9. The molecule has 1 aromatic heterocycles. The summed E-state index contributed by atoms with van der Waals surface area (Å²) in [5.74, 6) is 0.376. The Balaban J connectivity index is 2.78. The molecule has 0 atom stereocenters. The molecule has 0 bridgehead atoms. The van der Waals surface area contributed by atoms with Crippen LogP contribution in [0, 0.1) is 0 Å². The van der Waals surface area contributed by atoms with Gasteiger partial charge in [-0.25, -0.2) is 0 Å². The Morgan fingerprint density at radius 2 is 2.23 bits per heavy atom. The lowest BCUT2D eigenvalue weighted by Crippen LogP contribution is -1.72. The molecule has 2 rings (SSSR count). The van der Waals surface area contributed by atoms with Gasteiger partial charge in [0.1, 0.15) is 5.75 Å². The summed E-state index contributed by atoms with van der Waals surface area (Å²) in [4.78, 5) is 0.915. The predicted octanol–water partition coefficient (Wildman–Crippen LogP) is 3.62. The average Bonchev–Trinajstić information content (AvgIpc) is 2.47. The van der Waals surface area contributed by atoms with Crippen molar-refractivity contribution in [2.24, 2.45) is 0 Å². The third-order valence-electron chi connectivity index (χ3n) is 1.84. The lowest BCUT2D eigenvalue weighted by atomic mass is 10.2. The van der Waals surface area contributed by atoms with Gasteiger partial charge in [-0.05, 0) is 24.5 Å². The first-order valence-corrected chi connectivity index (χ1v) is 6.19. The molecular weight excluding hydrogens is 220 g/mol. The Hall–Kier alpha value is -0.320. The maximum Gasteiger partial charge on any atom is 0.137 e. The number of phenolic OH excluding ortho intramolecular Hbond substituents is 1. The standard InChI is InChI=1S/C9H8OS3/c1-12-7-3-2-6-5(9(7)10)4-8(11)13-6/h2-4,10-11H,1H3. The number of hydrogen-bond donors (Lipinski definition) is 2. The number of rotatable bonds is 1. The molecule has 0 saturated heterocycles. The van der Waals surface area contributed by atoms with E-state index in [9.17, 15) is 5.11 Å². The van der Waals surface area contributed by atoms with E-state index in [1.165, 1.54) is 0 Å². The third kappa shape index (κ3) is 1.54. The van der Waals surface area contributed by atoms with Gasteiger partial charge in [0.2, 0.25) is 0 Å². The molecule has 13 heavy (non-hydrogen) atoms. The Labute approximate surface area is 90.2 Å². The molecule has 1 heterocycles. The van der Waals surface area contributed by atoms with Crippen molar-refractivity contribution >= 4 is 45.8 Å². The molecule has 68 valence electrons. The summed E-state index contributed by atoms with van der Waals surface area (Å²) < 4.78 is 2.02. The van der Waals surface area contributed by atoms with Crippen LogP contribution in [-0.4, -0.2) is 11.4 Å². The summed E-state index contributed by atoms with van der Waals surface area (Å²) in [6.45, 7) is 0. The first-order chi connectivity index (χ1) is 6.22. The van der Waals surface area contributed by atoms with Crippen LogP contribution in [0.25, 0.3) is 10.1 Å². The molecule has 1 nitrogen and oxygen atoms in total. The summed E-state index contributed by atoms with van der Waals surface area (Å²) >= 11 is 7.38. The second kappa shape index (κ2) is 3.44. The van der Waals surface area contributed by atoms with Crippen LogP contribution in [0.1, 0.15) is 0 Å². The van der Waals surface area contributed by atoms with Gasteiger partial charge in [0.15, 0.2) is 0 Å². The predicted molar refractivity (Wildman–Crippen MR) is 62.5 cm³/mol. The summed E-state index contributed by atoms with van der Waals surface area (Å²) in [6, 6.07) is 5.86. The Morgan fingerprint density at radius 1 is 1.46 bits per heavy atom. The van der Waals surface area contributed by atoms with Crippen LogP contribution in [0.4, 0.5) is 0 Å². The number of thiophene rings is 1. The smallest absolute Gasteiger partial charge is 0.137 e. The zero-order valence-electron chi connectivity index (χ0n) is 6.94. The summed E-state index contributed by atoms with van der Waals surface area (Å²) in [6.07, 6.45) is 1.95. The van der Waals surface area contributed by atoms with E-state index in [1.807, 2.05) is 24.5 Å². The van der Waals surface area contributed by atoms with Crippen molar-refractivity contribution in [3.63, 3.8) is 0 Å². The number of hydrogen-bond acceptors (Lipinski definition) is 4. The van der Waals surface area contributed by atoms with Crippen LogP contribution >= 0.6 is 35.7 Å². The van der Waals surface area contributed by atoms with Gasteiger partial charge < -0.3 is 5.11 Å². The first-order valence-electron chi connectivity index (χ1n) is 3.71. The van der Waals surface area contributed by atoms with Gasteiger partial charge in [-0.1, -0.05) is 0 Å². The fourth-order valence-corrected chi connectivity index (χ4v) is 2.96. The van der Waals surface area contributed by atoms with Crippen LogP contribution in [0.15, 0.2) is 27.3 Å². The zero-order chi connectivity index (χ0) is 9.42. The number of phenols is 1.